The van der Waals surface area contributed by atoms with Gasteiger partial charge in [0.05, 0.1) is 0 Å². The first-order valence-corrected chi connectivity index (χ1v) is 14.8. The zero-order valence-corrected chi connectivity index (χ0v) is 22.0. The van der Waals surface area contributed by atoms with Gasteiger partial charge in [0.2, 0.25) is 0 Å². The van der Waals surface area contributed by atoms with Gasteiger partial charge in [-0.15, -0.1) is 0 Å². The lowest BCUT2D eigenvalue weighted by Gasteiger charge is -2.44. The molecular weight excluding hydrogens is 432 g/mol. The van der Waals surface area contributed by atoms with Crippen LogP contribution in [0, 0.1) is 0 Å². The van der Waals surface area contributed by atoms with E-state index in [1.165, 1.54) is 44.9 Å². The Labute approximate surface area is 203 Å². The van der Waals surface area contributed by atoms with Crippen molar-refractivity contribution in [2.24, 2.45) is 0 Å². The molecule has 33 heavy (non-hydrogen) atoms. The minimum atomic E-state index is -4.34. The maximum absolute atomic E-state index is 12.9. The fourth-order valence-corrected chi connectivity index (χ4v) is 6.75. The third-order valence-corrected chi connectivity index (χ3v) is 8.22. The average molecular weight is 479 g/mol. The van der Waals surface area contributed by atoms with Crippen molar-refractivity contribution in [3.63, 3.8) is 0 Å². The van der Waals surface area contributed by atoms with Gasteiger partial charge in [-0.2, -0.15) is 8.42 Å². The van der Waals surface area contributed by atoms with Crippen molar-refractivity contribution in [3.8, 4) is 0 Å². The molecule has 0 fully saturated rings. The van der Waals surface area contributed by atoms with Crippen LogP contribution >= 0.6 is 0 Å². The Hall–Kier alpha value is -1.17. The number of fused-ring (bicyclic) bond motifs is 1. The first-order chi connectivity index (χ1) is 15.9. The summed E-state index contributed by atoms with van der Waals surface area (Å²) in [6.45, 7) is 6.73. The summed E-state index contributed by atoms with van der Waals surface area (Å²) in [6.07, 6.45) is 16.9. The third-order valence-electron chi connectivity index (χ3n) is 6.94. The summed E-state index contributed by atoms with van der Waals surface area (Å²) in [5.74, 6) is 0. The number of hydrogen-bond donors (Lipinski definition) is 1. The average Bonchev–Trinajstić information content (AvgIpc) is 2.78. The van der Waals surface area contributed by atoms with Crippen LogP contribution in [0.4, 0.5) is 0 Å². The lowest BCUT2D eigenvalue weighted by Crippen LogP contribution is -2.49. The van der Waals surface area contributed by atoms with Crippen molar-refractivity contribution in [3.05, 3.63) is 41.0 Å². The van der Waals surface area contributed by atoms with Gasteiger partial charge in [-0.1, -0.05) is 115 Å². The molecular formula is C28H46O4S. The topological polar surface area (TPSA) is 63.6 Å². The van der Waals surface area contributed by atoms with Crippen LogP contribution in [0.5, 0.6) is 0 Å². The molecule has 188 valence electrons. The second-order valence-electron chi connectivity index (χ2n) is 9.56. The number of unbranched alkanes of at least 4 members (excludes halogenated alkanes) is 10. The van der Waals surface area contributed by atoms with E-state index in [0.29, 0.717) is 19.4 Å². The highest BCUT2D eigenvalue weighted by Crippen LogP contribution is 2.48. The fraction of sp³-hybridized carbons (Fsp3) is 0.714. The van der Waals surface area contributed by atoms with E-state index >= 15 is 0 Å². The molecule has 5 heteroatoms. The summed E-state index contributed by atoms with van der Waals surface area (Å²) >= 11 is 0. The van der Waals surface area contributed by atoms with Gasteiger partial charge in [-0.3, -0.25) is 4.55 Å². The van der Waals surface area contributed by atoms with Crippen LogP contribution in [0.3, 0.4) is 0 Å². The molecule has 0 amide bonds. The molecule has 1 aliphatic carbocycles. The van der Waals surface area contributed by atoms with Crippen LogP contribution in [0.15, 0.2) is 29.8 Å². The van der Waals surface area contributed by atoms with Crippen molar-refractivity contribution >= 4 is 16.2 Å². The van der Waals surface area contributed by atoms with E-state index in [0.717, 1.165) is 48.8 Å². The van der Waals surface area contributed by atoms with Gasteiger partial charge in [0, 0.05) is 6.61 Å². The van der Waals surface area contributed by atoms with Crippen molar-refractivity contribution in [1.82, 2.24) is 0 Å². The number of hydrogen-bond acceptors (Lipinski definition) is 3. The van der Waals surface area contributed by atoms with Crippen LogP contribution in [0.2, 0.25) is 0 Å². The lowest BCUT2D eigenvalue weighted by molar-refractivity contribution is -0.0523. The Morgan fingerprint density at radius 2 is 1.42 bits per heavy atom. The molecule has 0 radical (unpaired) electrons. The molecule has 1 aliphatic rings. The number of benzene rings is 1. The van der Waals surface area contributed by atoms with Gasteiger partial charge in [-0.25, -0.2) is 0 Å². The summed E-state index contributed by atoms with van der Waals surface area (Å²) in [5, 5.41) is -1.04. The SMILES string of the molecule is CCCCCCCCC1=Cc2ccccc2C(CCCCCCCC)(OCC)C1S(=O)(=O)O. The largest absolute Gasteiger partial charge is 0.369 e. The first kappa shape index (κ1) is 28.1. The molecule has 0 bridgehead atoms. The van der Waals surface area contributed by atoms with E-state index < -0.39 is 21.0 Å². The molecule has 0 saturated heterocycles. The summed E-state index contributed by atoms with van der Waals surface area (Å²) in [7, 11) is -4.34. The Morgan fingerprint density at radius 3 is 2.03 bits per heavy atom. The smallest absolute Gasteiger partial charge is 0.274 e. The van der Waals surface area contributed by atoms with Gasteiger partial charge >= 0.3 is 0 Å². The molecule has 2 rings (SSSR count). The van der Waals surface area contributed by atoms with Gasteiger partial charge in [0.15, 0.2) is 0 Å². The van der Waals surface area contributed by atoms with Gasteiger partial charge in [0.1, 0.15) is 10.9 Å². The summed E-state index contributed by atoms with van der Waals surface area (Å²) in [5.41, 5.74) is 1.69. The predicted molar refractivity (Wildman–Crippen MR) is 139 cm³/mol. The maximum Gasteiger partial charge on any atom is 0.274 e. The predicted octanol–water partition coefficient (Wildman–Crippen LogP) is 8.07. The van der Waals surface area contributed by atoms with Crippen LogP contribution in [-0.4, -0.2) is 24.8 Å². The highest BCUT2D eigenvalue weighted by Gasteiger charge is 2.52. The molecule has 4 nitrogen and oxygen atoms in total. The first-order valence-electron chi connectivity index (χ1n) is 13.3. The van der Waals surface area contributed by atoms with E-state index in [9.17, 15) is 13.0 Å². The maximum atomic E-state index is 12.9. The minimum Gasteiger partial charge on any atom is -0.369 e. The normalized spacial score (nSPS) is 20.5. The second-order valence-corrected chi connectivity index (χ2v) is 11.1. The van der Waals surface area contributed by atoms with Crippen molar-refractivity contribution in [1.29, 1.82) is 0 Å². The van der Waals surface area contributed by atoms with Crippen LogP contribution < -0.4 is 0 Å². The molecule has 1 aromatic carbocycles. The highest BCUT2D eigenvalue weighted by molar-refractivity contribution is 7.86. The Balaban J connectivity index is 2.32. The van der Waals surface area contributed by atoms with E-state index in [1.807, 2.05) is 37.3 Å². The molecule has 0 aliphatic heterocycles. The standard InChI is InChI=1S/C28H46O4S/c1-4-7-9-11-13-15-20-25-23-24-19-16-17-21-26(24)28(32-6-3,27(25)33(29,30)31)22-18-14-12-10-8-5-2/h16-17,19,21,23,27H,4-15,18,20,22H2,1-3H3,(H,29,30,31). The monoisotopic (exact) mass is 478 g/mol. The second kappa shape index (κ2) is 14.3. The molecule has 1 aromatic rings. The quantitative estimate of drug-likeness (QED) is 0.182. The van der Waals surface area contributed by atoms with E-state index in [-0.39, 0.29) is 0 Å². The lowest BCUT2D eigenvalue weighted by atomic mass is 9.74. The molecule has 0 saturated carbocycles. The van der Waals surface area contributed by atoms with Crippen LogP contribution in [0.1, 0.15) is 122 Å². The Bertz CT molecular complexity index is 830. The van der Waals surface area contributed by atoms with Gasteiger partial charge in [-0.05, 0) is 42.9 Å². The van der Waals surface area contributed by atoms with Crippen LogP contribution in [0.25, 0.3) is 6.08 Å². The number of rotatable bonds is 17. The zero-order chi connectivity index (χ0) is 24.2. The van der Waals surface area contributed by atoms with Crippen molar-refractivity contribution in [2.75, 3.05) is 6.61 Å². The molecule has 2 atom stereocenters. The Kier molecular flexibility index (Phi) is 12.1. The third kappa shape index (κ3) is 7.93. The van der Waals surface area contributed by atoms with E-state index in [2.05, 4.69) is 13.8 Å². The van der Waals surface area contributed by atoms with Crippen molar-refractivity contribution < 1.29 is 17.7 Å². The minimum absolute atomic E-state index is 0.403. The highest BCUT2D eigenvalue weighted by atomic mass is 32.2. The Morgan fingerprint density at radius 1 is 0.848 bits per heavy atom. The molecule has 0 spiro atoms. The molecule has 2 unspecified atom stereocenters. The van der Waals surface area contributed by atoms with Crippen molar-refractivity contribution in [2.45, 2.75) is 122 Å². The van der Waals surface area contributed by atoms with Crippen LogP contribution in [-0.2, 0) is 20.5 Å². The van der Waals surface area contributed by atoms with Gasteiger partial charge < -0.3 is 4.74 Å². The molecule has 0 aromatic heterocycles. The molecule has 0 heterocycles. The van der Waals surface area contributed by atoms with E-state index in [1.54, 1.807) is 0 Å². The fourth-order valence-electron chi connectivity index (χ4n) is 5.39. The van der Waals surface area contributed by atoms with E-state index in [4.69, 9.17) is 4.74 Å². The summed E-state index contributed by atoms with van der Waals surface area (Å²) in [4.78, 5) is 0. The summed E-state index contributed by atoms with van der Waals surface area (Å²) < 4.78 is 42.6. The summed E-state index contributed by atoms with van der Waals surface area (Å²) in [6, 6.07) is 7.97. The molecule has 1 N–H and O–H groups in total. The number of ether oxygens (including phenoxy) is 1. The zero-order valence-electron chi connectivity index (χ0n) is 21.2. The van der Waals surface area contributed by atoms with Gasteiger partial charge in [0.25, 0.3) is 10.1 Å².